The number of hydrogen-bond acceptors (Lipinski definition) is 8. The van der Waals surface area contributed by atoms with Crippen molar-refractivity contribution in [2.75, 3.05) is 22.1 Å². The van der Waals surface area contributed by atoms with E-state index in [1.54, 1.807) is 24.7 Å². The average Bonchev–Trinajstić information content (AvgIpc) is 3.69. The van der Waals surface area contributed by atoms with Crippen LogP contribution in [0.1, 0.15) is 5.56 Å². The molecule has 8 rings (SSSR count). The van der Waals surface area contributed by atoms with Crippen LogP contribution in [0.5, 0.6) is 0 Å². The molecular formula is C37H29FN10. The highest BCUT2D eigenvalue weighted by atomic mass is 19.1. The second kappa shape index (κ2) is 11.9. The summed E-state index contributed by atoms with van der Waals surface area (Å²) < 4.78 is 15.0. The molecule has 0 atom stereocenters. The molecule has 0 saturated heterocycles. The summed E-state index contributed by atoms with van der Waals surface area (Å²) >= 11 is 0. The fourth-order valence-electron chi connectivity index (χ4n) is 5.82. The SMILES string of the molecule is Nc1n[nH]c2ccc(-c3cncc(NCc4cc(-c5cccc(Nc6cncc(-c7ccc8[nH]nc(N)c8c7)c6)c5)ccc4F)c3)cc12. The second-order valence-corrected chi connectivity index (χ2v) is 11.5. The number of H-pyrrole nitrogens is 2. The van der Waals surface area contributed by atoms with Crippen LogP contribution in [0.4, 0.5) is 33.1 Å². The minimum Gasteiger partial charge on any atom is -0.382 e. The lowest BCUT2D eigenvalue weighted by Crippen LogP contribution is -2.03. The number of anilines is 5. The molecule has 4 aromatic heterocycles. The van der Waals surface area contributed by atoms with Gasteiger partial charge in [-0.2, -0.15) is 10.2 Å². The summed E-state index contributed by atoms with van der Waals surface area (Å²) in [7, 11) is 0. The third-order valence-electron chi connectivity index (χ3n) is 8.34. The van der Waals surface area contributed by atoms with E-state index in [0.29, 0.717) is 17.2 Å². The number of nitrogens with two attached hydrogens (primary N) is 2. The number of fused-ring (bicyclic) bond motifs is 2. The van der Waals surface area contributed by atoms with Crippen molar-refractivity contribution in [1.82, 2.24) is 30.4 Å². The monoisotopic (exact) mass is 632 g/mol. The first-order chi connectivity index (χ1) is 23.5. The maximum atomic E-state index is 15.0. The van der Waals surface area contributed by atoms with Crippen molar-refractivity contribution in [1.29, 1.82) is 0 Å². The fraction of sp³-hybridized carbons (Fsp3) is 0.0270. The zero-order chi connectivity index (χ0) is 32.6. The second-order valence-electron chi connectivity index (χ2n) is 11.5. The van der Waals surface area contributed by atoms with Crippen LogP contribution in [0.3, 0.4) is 0 Å². The highest BCUT2D eigenvalue weighted by Gasteiger charge is 2.10. The smallest absolute Gasteiger partial charge is 0.153 e. The van der Waals surface area contributed by atoms with Crippen LogP contribution in [0.15, 0.2) is 116 Å². The van der Waals surface area contributed by atoms with Gasteiger partial charge in [-0.1, -0.05) is 30.3 Å². The summed E-state index contributed by atoms with van der Waals surface area (Å²) in [4.78, 5) is 8.85. The number of nitrogens with zero attached hydrogens (tertiary/aromatic N) is 4. The Labute approximate surface area is 274 Å². The van der Waals surface area contributed by atoms with Crippen LogP contribution in [0.25, 0.3) is 55.2 Å². The van der Waals surface area contributed by atoms with Crippen LogP contribution in [0, 0.1) is 5.82 Å². The number of nitrogen functional groups attached to an aromatic ring is 2. The minimum absolute atomic E-state index is 0.283. The van der Waals surface area contributed by atoms with Crippen molar-refractivity contribution < 1.29 is 4.39 Å². The summed E-state index contributed by atoms with van der Waals surface area (Å²) in [6.07, 6.45) is 7.10. The van der Waals surface area contributed by atoms with Gasteiger partial charge in [-0.25, -0.2) is 4.39 Å². The van der Waals surface area contributed by atoms with Crippen molar-refractivity contribution >= 4 is 50.5 Å². The van der Waals surface area contributed by atoms with E-state index in [2.05, 4.69) is 41.0 Å². The van der Waals surface area contributed by atoms with Crippen LogP contribution < -0.4 is 22.1 Å². The molecule has 0 bridgehead atoms. The molecule has 0 aliphatic heterocycles. The Morgan fingerprint density at radius 1 is 0.562 bits per heavy atom. The Hall–Kier alpha value is -6.75. The maximum Gasteiger partial charge on any atom is 0.153 e. The van der Waals surface area contributed by atoms with Crippen LogP contribution in [-0.4, -0.2) is 30.4 Å². The van der Waals surface area contributed by atoms with E-state index in [9.17, 15) is 0 Å². The van der Waals surface area contributed by atoms with Gasteiger partial charge in [-0.3, -0.25) is 20.2 Å². The lowest BCUT2D eigenvalue weighted by atomic mass is 10.0. The van der Waals surface area contributed by atoms with Crippen molar-refractivity contribution in [3.05, 3.63) is 127 Å². The Morgan fingerprint density at radius 3 is 1.81 bits per heavy atom. The van der Waals surface area contributed by atoms with E-state index < -0.39 is 0 Å². The Morgan fingerprint density at radius 2 is 1.12 bits per heavy atom. The largest absolute Gasteiger partial charge is 0.382 e. The van der Waals surface area contributed by atoms with Gasteiger partial charge >= 0.3 is 0 Å². The van der Waals surface area contributed by atoms with Crippen molar-refractivity contribution in [3.63, 3.8) is 0 Å². The molecule has 8 aromatic rings. The molecule has 0 fully saturated rings. The quantitative estimate of drug-likeness (QED) is 0.0986. The third kappa shape index (κ3) is 5.60. The number of hydrogen-bond donors (Lipinski definition) is 6. The lowest BCUT2D eigenvalue weighted by molar-refractivity contribution is 0.613. The molecule has 4 aromatic carbocycles. The lowest BCUT2D eigenvalue weighted by Gasteiger charge is -2.12. The van der Waals surface area contributed by atoms with Crippen molar-refractivity contribution in [2.45, 2.75) is 6.54 Å². The molecule has 10 nitrogen and oxygen atoms in total. The topological polar surface area (TPSA) is 159 Å². The molecule has 0 spiro atoms. The normalized spacial score (nSPS) is 11.3. The average molecular weight is 633 g/mol. The molecule has 234 valence electrons. The summed E-state index contributed by atoms with van der Waals surface area (Å²) in [6, 6.07) is 29.0. The third-order valence-corrected chi connectivity index (χ3v) is 8.34. The molecule has 8 N–H and O–H groups in total. The molecule has 4 heterocycles. The predicted octanol–water partition coefficient (Wildman–Crippen LogP) is 7.89. The molecule has 48 heavy (non-hydrogen) atoms. The van der Waals surface area contributed by atoms with Gasteiger partial charge in [0.25, 0.3) is 0 Å². The highest BCUT2D eigenvalue weighted by Crippen LogP contribution is 2.31. The van der Waals surface area contributed by atoms with Gasteiger partial charge in [0.2, 0.25) is 0 Å². The van der Waals surface area contributed by atoms with Crippen LogP contribution in [-0.2, 0) is 6.54 Å². The first kappa shape index (κ1) is 28.7. The summed E-state index contributed by atoms with van der Waals surface area (Å²) in [5.74, 6) is 0.620. The summed E-state index contributed by atoms with van der Waals surface area (Å²) in [5.41, 5.74) is 22.4. The van der Waals surface area contributed by atoms with Crippen molar-refractivity contribution in [3.8, 4) is 33.4 Å². The molecule has 0 aliphatic rings. The minimum atomic E-state index is -0.288. The molecule has 0 radical (unpaired) electrons. The number of rotatable bonds is 8. The van der Waals surface area contributed by atoms with E-state index in [-0.39, 0.29) is 12.4 Å². The Bertz CT molecular complexity index is 2450. The summed E-state index contributed by atoms with van der Waals surface area (Å²) in [5, 5.41) is 22.5. The summed E-state index contributed by atoms with van der Waals surface area (Å²) in [6.45, 7) is 0.283. The maximum absolute atomic E-state index is 15.0. The van der Waals surface area contributed by atoms with Gasteiger partial charge in [0, 0.05) is 58.3 Å². The zero-order valence-corrected chi connectivity index (χ0v) is 25.5. The highest BCUT2D eigenvalue weighted by molar-refractivity contribution is 5.93. The van der Waals surface area contributed by atoms with Gasteiger partial charge in [0.1, 0.15) is 5.82 Å². The van der Waals surface area contributed by atoms with Gasteiger partial charge in [-0.15, -0.1) is 0 Å². The molecule has 0 saturated carbocycles. The Balaban J connectivity index is 0.991. The van der Waals surface area contributed by atoms with E-state index >= 15 is 4.39 Å². The van der Waals surface area contributed by atoms with E-state index in [4.69, 9.17) is 11.5 Å². The molecule has 0 aliphatic carbocycles. The van der Waals surface area contributed by atoms with Gasteiger partial charge in [-0.05, 0) is 82.9 Å². The number of aromatic amines is 2. The molecular weight excluding hydrogens is 603 g/mol. The predicted molar refractivity (Wildman–Crippen MR) is 190 cm³/mol. The van der Waals surface area contributed by atoms with Crippen molar-refractivity contribution in [2.24, 2.45) is 0 Å². The van der Waals surface area contributed by atoms with Gasteiger partial charge in [0.15, 0.2) is 11.6 Å². The number of nitrogens with one attached hydrogen (secondary N) is 4. The molecule has 0 amide bonds. The fourth-order valence-corrected chi connectivity index (χ4v) is 5.82. The number of benzene rings is 4. The zero-order valence-electron chi connectivity index (χ0n) is 25.5. The van der Waals surface area contributed by atoms with E-state index in [1.165, 1.54) is 6.07 Å². The van der Waals surface area contributed by atoms with Crippen LogP contribution >= 0.6 is 0 Å². The molecule has 0 unspecified atom stereocenters. The van der Waals surface area contributed by atoms with Gasteiger partial charge < -0.3 is 22.1 Å². The first-order valence-corrected chi connectivity index (χ1v) is 15.2. The van der Waals surface area contributed by atoms with E-state index in [0.717, 1.165) is 72.2 Å². The number of pyridine rings is 2. The number of halogens is 1. The molecule has 11 heteroatoms. The Kier molecular flexibility index (Phi) is 7.10. The van der Waals surface area contributed by atoms with Gasteiger partial charge in [0.05, 0.1) is 28.6 Å². The van der Waals surface area contributed by atoms with Crippen LogP contribution in [0.2, 0.25) is 0 Å². The first-order valence-electron chi connectivity index (χ1n) is 15.2. The standard InChI is InChI=1S/C37H29FN10/c38-33-7-4-22(10-27(33)18-43-29-12-25(16-41-19-29)23-5-8-34-31(14-23)36(39)47-45-34)21-2-1-3-28(11-21)44-30-13-26(17-42-20-30)24-6-9-35-32(15-24)37(40)48-46-35/h1-17,19-20,43-44H,18H2,(H3,39,45,47)(H3,40,46,48). The van der Waals surface area contributed by atoms with E-state index in [1.807, 2.05) is 85.1 Å². The number of aromatic nitrogens is 6.